The summed E-state index contributed by atoms with van der Waals surface area (Å²) in [6.45, 7) is 1.67. The van der Waals surface area contributed by atoms with E-state index in [1.165, 1.54) is 12.3 Å². The predicted octanol–water partition coefficient (Wildman–Crippen LogP) is 4.10. The number of carbonyl (C=O) groups excluding carboxylic acids is 1. The monoisotopic (exact) mass is 401 g/mol. The molecule has 0 bridgehead atoms. The van der Waals surface area contributed by atoms with E-state index in [2.05, 4.69) is 15.0 Å². The van der Waals surface area contributed by atoms with E-state index >= 15 is 0 Å². The number of aromatic nitrogens is 1. The van der Waals surface area contributed by atoms with Crippen LogP contribution in [0.15, 0.2) is 71.8 Å². The topological polar surface area (TPSA) is 88.2 Å². The molecule has 1 aromatic heterocycles. The second-order valence-electron chi connectivity index (χ2n) is 5.73. The molecule has 6 nitrogen and oxygen atoms in total. The zero-order valence-corrected chi connectivity index (χ0v) is 15.9. The molecular formula is C19H16ClN3O3S. The lowest BCUT2D eigenvalue weighted by molar-refractivity contribution is 0.102. The number of rotatable bonds is 5. The highest BCUT2D eigenvalue weighted by Gasteiger charge is 2.19. The Morgan fingerprint density at radius 2 is 1.78 bits per heavy atom. The lowest BCUT2D eigenvalue weighted by Crippen LogP contribution is -2.17. The van der Waals surface area contributed by atoms with E-state index in [9.17, 15) is 13.2 Å². The van der Waals surface area contributed by atoms with Crippen LogP contribution in [0.2, 0.25) is 5.02 Å². The summed E-state index contributed by atoms with van der Waals surface area (Å²) in [5, 5.41) is 2.94. The highest BCUT2D eigenvalue weighted by molar-refractivity contribution is 7.92. The average molecular weight is 402 g/mol. The van der Waals surface area contributed by atoms with Crippen molar-refractivity contribution in [2.75, 3.05) is 10.0 Å². The molecule has 1 amide bonds. The van der Waals surface area contributed by atoms with Crippen LogP contribution in [-0.4, -0.2) is 19.3 Å². The Morgan fingerprint density at radius 3 is 2.48 bits per heavy atom. The molecule has 2 N–H and O–H groups in total. The molecule has 0 aliphatic rings. The number of para-hydroxylation sites is 1. The molecule has 0 saturated heterocycles. The van der Waals surface area contributed by atoms with Gasteiger partial charge in [0.25, 0.3) is 15.9 Å². The molecule has 8 heteroatoms. The Hall–Kier alpha value is -2.90. The van der Waals surface area contributed by atoms with Crippen molar-refractivity contribution in [2.45, 2.75) is 11.8 Å². The van der Waals surface area contributed by atoms with E-state index in [-0.39, 0.29) is 16.3 Å². The molecule has 2 aromatic carbocycles. The Balaban J connectivity index is 1.89. The summed E-state index contributed by atoms with van der Waals surface area (Å²) in [4.78, 5) is 16.3. The highest BCUT2D eigenvalue weighted by Crippen LogP contribution is 2.27. The molecular weight excluding hydrogens is 386 g/mol. The van der Waals surface area contributed by atoms with Gasteiger partial charge >= 0.3 is 0 Å². The van der Waals surface area contributed by atoms with Crippen LogP contribution in [0.4, 0.5) is 11.4 Å². The van der Waals surface area contributed by atoms with E-state index < -0.39 is 15.9 Å². The Bertz CT molecular complexity index is 1090. The number of anilines is 2. The SMILES string of the molecule is Cc1ccc(NC(=O)c2ccccn2)cc1S(=O)(=O)Nc1ccccc1Cl. The van der Waals surface area contributed by atoms with Crippen LogP contribution in [0.5, 0.6) is 0 Å². The summed E-state index contributed by atoms with van der Waals surface area (Å²) in [5.74, 6) is -0.429. The number of halogens is 1. The van der Waals surface area contributed by atoms with Crippen molar-refractivity contribution >= 4 is 38.9 Å². The first-order valence-corrected chi connectivity index (χ1v) is 9.83. The van der Waals surface area contributed by atoms with E-state index in [1.54, 1.807) is 61.5 Å². The molecule has 3 aromatic rings. The van der Waals surface area contributed by atoms with Gasteiger partial charge in [-0.05, 0) is 48.9 Å². The third-order valence-electron chi connectivity index (χ3n) is 3.75. The van der Waals surface area contributed by atoms with Crippen molar-refractivity contribution in [3.8, 4) is 0 Å². The molecule has 0 aliphatic heterocycles. The van der Waals surface area contributed by atoms with Crippen molar-refractivity contribution in [3.63, 3.8) is 0 Å². The summed E-state index contributed by atoms with van der Waals surface area (Å²) >= 11 is 6.03. The number of hydrogen-bond acceptors (Lipinski definition) is 4. The summed E-state index contributed by atoms with van der Waals surface area (Å²) in [7, 11) is -3.89. The minimum absolute atomic E-state index is 0.0428. The van der Waals surface area contributed by atoms with Gasteiger partial charge in [-0.3, -0.25) is 14.5 Å². The van der Waals surface area contributed by atoms with Gasteiger partial charge in [0, 0.05) is 11.9 Å². The number of amides is 1. The molecule has 0 unspecified atom stereocenters. The molecule has 0 radical (unpaired) electrons. The van der Waals surface area contributed by atoms with Crippen LogP contribution in [0, 0.1) is 6.92 Å². The highest BCUT2D eigenvalue weighted by atomic mass is 35.5. The summed E-state index contributed by atoms with van der Waals surface area (Å²) in [6.07, 6.45) is 1.51. The Morgan fingerprint density at radius 1 is 1.04 bits per heavy atom. The smallest absolute Gasteiger partial charge is 0.274 e. The van der Waals surface area contributed by atoms with Gasteiger partial charge in [-0.1, -0.05) is 35.9 Å². The molecule has 0 atom stereocenters. The zero-order chi connectivity index (χ0) is 19.4. The van der Waals surface area contributed by atoms with E-state index in [1.807, 2.05) is 0 Å². The lowest BCUT2D eigenvalue weighted by atomic mass is 10.2. The Kier molecular flexibility index (Phi) is 5.43. The normalized spacial score (nSPS) is 11.0. The molecule has 0 saturated carbocycles. The summed E-state index contributed by atoms with van der Waals surface area (Å²) < 4.78 is 28.0. The van der Waals surface area contributed by atoms with Crippen LogP contribution >= 0.6 is 11.6 Å². The van der Waals surface area contributed by atoms with E-state index in [4.69, 9.17) is 11.6 Å². The molecule has 3 rings (SSSR count). The number of sulfonamides is 1. The number of benzene rings is 2. The number of pyridine rings is 1. The van der Waals surface area contributed by atoms with Crippen LogP contribution < -0.4 is 10.0 Å². The fourth-order valence-corrected chi connectivity index (χ4v) is 3.99. The average Bonchev–Trinajstić information content (AvgIpc) is 2.65. The first kappa shape index (κ1) is 18.9. The number of nitrogens with one attached hydrogen (secondary N) is 2. The van der Waals surface area contributed by atoms with Gasteiger partial charge in [0.2, 0.25) is 0 Å². The van der Waals surface area contributed by atoms with Crippen LogP contribution in [-0.2, 0) is 10.0 Å². The number of aryl methyl sites for hydroxylation is 1. The fourth-order valence-electron chi connectivity index (χ4n) is 2.40. The molecule has 27 heavy (non-hydrogen) atoms. The molecule has 0 spiro atoms. The molecule has 1 heterocycles. The maximum absolute atomic E-state index is 12.8. The number of carbonyl (C=O) groups is 1. The minimum atomic E-state index is -3.89. The van der Waals surface area contributed by atoms with Crippen LogP contribution in [0.25, 0.3) is 0 Å². The second kappa shape index (κ2) is 7.77. The van der Waals surface area contributed by atoms with Gasteiger partial charge in [-0.2, -0.15) is 0 Å². The van der Waals surface area contributed by atoms with E-state index in [0.29, 0.717) is 16.3 Å². The standard InChI is InChI=1S/C19H16ClN3O3S/c1-13-9-10-14(22-19(24)17-8-4-5-11-21-17)12-18(13)27(25,26)23-16-7-3-2-6-15(16)20/h2-12,23H,1H3,(H,22,24). The van der Waals surface area contributed by atoms with Gasteiger partial charge in [-0.15, -0.1) is 0 Å². The van der Waals surface area contributed by atoms with Gasteiger partial charge in [-0.25, -0.2) is 8.42 Å². The van der Waals surface area contributed by atoms with Crippen molar-refractivity contribution in [1.29, 1.82) is 0 Å². The second-order valence-corrected chi connectivity index (χ2v) is 7.79. The number of hydrogen-bond donors (Lipinski definition) is 2. The van der Waals surface area contributed by atoms with Crippen molar-refractivity contribution in [2.24, 2.45) is 0 Å². The maximum atomic E-state index is 12.8. The van der Waals surface area contributed by atoms with E-state index in [0.717, 1.165) is 0 Å². The third-order valence-corrected chi connectivity index (χ3v) is 5.59. The van der Waals surface area contributed by atoms with Crippen molar-refractivity contribution < 1.29 is 13.2 Å². The van der Waals surface area contributed by atoms with Crippen molar-refractivity contribution in [3.05, 3.63) is 83.1 Å². The molecule has 138 valence electrons. The molecule has 0 fully saturated rings. The van der Waals surface area contributed by atoms with Gasteiger partial charge in [0.1, 0.15) is 5.69 Å². The largest absolute Gasteiger partial charge is 0.321 e. The van der Waals surface area contributed by atoms with Crippen molar-refractivity contribution in [1.82, 2.24) is 4.98 Å². The van der Waals surface area contributed by atoms with Gasteiger partial charge < -0.3 is 5.32 Å². The quantitative estimate of drug-likeness (QED) is 0.673. The van der Waals surface area contributed by atoms with Crippen LogP contribution in [0.1, 0.15) is 16.1 Å². The summed E-state index contributed by atoms with van der Waals surface area (Å²) in [5.41, 5.74) is 1.39. The predicted molar refractivity (Wildman–Crippen MR) is 106 cm³/mol. The number of nitrogens with zero attached hydrogens (tertiary/aromatic N) is 1. The summed E-state index contributed by atoms with van der Waals surface area (Å²) in [6, 6.07) is 16.2. The van der Waals surface area contributed by atoms with Crippen LogP contribution in [0.3, 0.4) is 0 Å². The first-order valence-electron chi connectivity index (χ1n) is 7.97. The lowest BCUT2D eigenvalue weighted by Gasteiger charge is -2.13. The molecule has 0 aliphatic carbocycles. The minimum Gasteiger partial charge on any atom is -0.321 e. The zero-order valence-electron chi connectivity index (χ0n) is 14.3. The van der Waals surface area contributed by atoms with Gasteiger partial charge in [0.15, 0.2) is 0 Å². The fraction of sp³-hybridized carbons (Fsp3) is 0.0526. The Labute approximate surface area is 162 Å². The maximum Gasteiger partial charge on any atom is 0.274 e. The van der Waals surface area contributed by atoms with Gasteiger partial charge in [0.05, 0.1) is 15.6 Å². The first-order chi connectivity index (χ1) is 12.9. The third kappa shape index (κ3) is 4.45.